The number of H-pyrrole nitrogens is 1. The van der Waals surface area contributed by atoms with E-state index < -0.39 is 17.1 Å². The average molecular weight is 297 g/mol. The number of hydrogen-bond donors (Lipinski definition) is 1. The van der Waals surface area contributed by atoms with Crippen LogP contribution in [0.1, 0.15) is 24.5 Å². The Bertz CT molecular complexity index is 765. The van der Waals surface area contributed by atoms with Gasteiger partial charge in [-0.25, -0.2) is 13.8 Å². The Hall–Kier alpha value is -1.88. The van der Waals surface area contributed by atoms with E-state index in [1.165, 1.54) is 12.1 Å². The molecule has 0 saturated carbocycles. The van der Waals surface area contributed by atoms with E-state index >= 15 is 0 Å². The number of aromatic nitrogens is 2. The summed E-state index contributed by atoms with van der Waals surface area (Å²) in [6, 6.07) is 4.25. The molecule has 0 amide bonds. The van der Waals surface area contributed by atoms with Crippen molar-refractivity contribution in [3.63, 3.8) is 0 Å². The Kier molecular flexibility index (Phi) is 4.09. The van der Waals surface area contributed by atoms with Crippen LogP contribution in [0.25, 0.3) is 5.69 Å². The molecule has 0 fully saturated rings. The molecule has 2 aromatic rings. The first-order valence-corrected chi connectivity index (χ1v) is 6.63. The lowest BCUT2D eigenvalue weighted by atomic mass is 10.2. The van der Waals surface area contributed by atoms with Gasteiger partial charge in [0, 0.05) is 0 Å². The normalized spacial score (nSPS) is 10.8. The van der Waals surface area contributed by atoms with Crippen molar-refractivity contribution in [1.82, 2.24) is 9.55 Å². The highest BCUT2D eigenvalue weighted by molar-refractivity contribution is 6.30. The SMILES string of the molecule is CCCc1c(Cl)[nH]c(=O)n(-c2cc(C)ccc2F)c1=O. The smallest absolute Gasteiger partial charge is 0.297 e. The lowest BCUT2D eigenvalue weighted by molar-refractivity contribution is 0.610. The number of hydrogen-bond acceptors (Lipinski definition) is 2. The van der Waals surface area contributed by atoms with Gasteiger partial charge in [0.2, 0.25) is 0 Å². The van der Waals surface area contributed by atoms with E-state index in [-0.39, 0.29) is 16.4 Å². The molecule has 6 heteroatoms. The van der Waals surface area contributed by atoms with Gasteiger partial charge in [0.15, 0.2) is 0 Å². The van der Waals surface area contributed by atoms with Crippen LogP contribution in [0.15, 0.2) is 27.8 Å². The van der Waals surface area contributed by atoms with Crippen LogP contribution in [-0.4, -0.2) is 9.55 Å². The molecule has 0 saturated heterocycles. The lowest BCUT2D eigenvalue weighted by Gasteiger charge is -2.10. The molecule has 1 N–H and O–H groups in total. The van der Waals surface area contributed by atoms with Crippen LogP contribution in [0.4, 0.5) is 4.39 Å². The van der Waals surface area contributed by atoms with Crippen LogP contribution in [-0.2, 0) is 6.42 Å². The molecular weight excluding hydrogens is 283 g/mol. The highest BCUT2D eigenvalue weighted by atomic mass is 35.5. The minimum absolute atomic E-state index is 0.0196. The van der Waals surface area contributed by atoms with Crippen LogP contribution >= 0.6 is 11.6 Å². The van der Waals surface area contributed by atoms with Crippen molar-refractivity contribution in [1.29, 1.82) is 0 Å². The Morgan fingerprint density at radius 3 is 2.70 bits per heavy atom. The Morgan fingerprint density at radius 1 is 1.35 bits per heavy atom. The molecule has 106 valence electrons. The van der Waals surface area contributed by atoms with E-state index in [4.69, 9.17) is 11.6 Å². The zero-order valence-electron chi connectivity index (χ0n) is 11.2. The van der Waals surface area contributed by atoms with E-state index in [1.54, 1.807) is 13.0 Å². The molecular formula is C14H14ClFN2O2. The molecule has 0 spiro atoms. The maximum atomic E-state index is 13.9. The topological polar surface area (TPSA) is 54.9 Å². The van der Waals surface area contributed by atoms with Crippen LogP contribution in [0.5, 0.6) is 0 Å². The third kappa shape index (κ3) is 2.54. The van der Waals surface area contributed by atoms with Gasteiger partial charge in [-0.2, -0.15) is 0 Å². The summed E-state index contributed by atoms with van der Waals surface area (Å²) in [6.45, 7) is 3.64. The molecule has 0 aliphatic carbocycles. The summed E-state index contributed by atoms with van der Waals surface area (Å²) in [6.07, 6.45) is 1.11. The third-order valence-electron chi connectivity index (χ3n) is 2.99. The molecule has 0 radical (unpaired) electrons. The number of halogens is 2. The van der Waals surface area contributed by atoms with E-state index in [9.17, 15) is 14.0 Å². The number of nitrogens with zero attached hydrogens (tertiary/aromatic N) is 1. The maximum absolute atomic E-state index is 13.9. The number of rotatable bonds is 3. The van der Waals surface area contributed by atoms with E-state index in [0.29, 0.717) is 12.8 Å². The Balaban J connectivity index is 2.81. The maximum Gasteiger partial charge on any atom is 0.334 e. The minimum atomic E-state index is -0.746. The molecule has 0 bridgehead atoms. The zero-order valence-corrected chi connectivity index (χ0v) is 11.9. The van der Waals surface area contributed by atoms with Crippen molar-refractivity contribution in [2.75, 3.05) is 0 Å². The second kappa shape index (κ2) is 5.63. The molecule has 0 aliphatic rings. The summed E-state index contributed by atoms with van der Waals surface area (Å²) in [4.78, 5) is 26.7. The van der Waals surface area contributed by atoms with Crippen molar-refractivity contribution >= 4 is 11.6 Å². The first-order valence-electron chi connectivity index (χ1n) is 6.26. The van der Waals surface area contributed by atoms with E-state index in [1.807, 2.05) is 6.92 Å². The highest BCUT2D eigenvalue weighted by Crippen LogP contribution is 2.14. The van der Waals surface area contributed by atoms with Crippen LogP contribution < -0.4 is 11.2 Å². The largest absolute Gasteiger partial charge is 0.334 e. The lowest BCUT2D eigenvalue weighted by Crippen LogP contribution is -2.36. The molecule has 0 atom stereocenters. The number of nitrogens with one attached hydrogen (secondary N) is 1. The molecule has 1 aromatic heterocycles. The van der Waals surface area contributed by atoms with E-state index in [0.717, 1.165) is 10.1 Å². The summed E-state index contributed by atoms with van der Waals surface area (Å²) >= 11 is 5.88. The second-order valence-corrected chi connectivity index (χ2v) is 4.95. The summed E-state index contributed by atoms with van der Waals surface area (Å²) in [7, 11) is 0. The van der Waals surface area contributed by atoms with Gasteiger partial charge in [-0.3, -0.25) is 9.78 Å². The van der Waals surface area contributed by atoms with Gasteiger partial charge < -0.3 is 0 Å². The van der Waals surface area contributed by atoms with Gasteiger partial charge in [-0.15, -0.1) is 0 Å². The fourth-order valence-electron chi connectivity index (χ4n) is 2.03. The van der Waals surface area contributed by atoms with Gasteiger partial charge in [0.25, 0.3) is 5.56 Å². The van der Waals surface area contributed by atoms with Gasteiger partial charge in [0.1, 0.15) is 11.0 Å². The fourth-order valence-corrected chi connectivity index (χ4v) is 2.28. The molecule has 20 heavy (non-hydrogen) atoms. The zero-order chi connectivity index (χ0) is 14.9. The van der Waals surface area contributed by atoms with Crippen LogP contribution in [0.2, 0.25) is 5.15 Å². The predicted molar refractivity (Wildman–Crippen MR) is 76.4 cm³/mol. The molecule has 1 aromatic carbocycles. The average Bonchev–Trinajstić information content (AvgIpc) is 2.38. The van der Waals surface area contributed by atoms with Crippen molar-refractivity contribution < 1.29 is 4.39 Å². The monoisotopic (exact) mass is 296 g/mol. The van der Waals surface area contributed by atoms with Gasteiger partial charge in [0.05, 0.1) is 11.3 Å². The van der Waals surface area contributed by atoms with Gasteiger partial charge in [-0.1, -0.05) is 31.0 Å². The Morgan fingerprint density at radius 2 is 2.05 bits per heavy atom. The Labute approximate surface area is 119 Å². The minimum Gasteiger partial charge on any atom is -0.297 e. The first-order chi connectivity index (χ1) is 9.45. The molecule has 0 aliphatic heterocycles. The van der Waals surface area contributed by atoms with Crippen LogP contribution in [0, 0.1) is 12.7 Å². The number of aryl methyl sites for hydroxylation is 1. The van der Waals surface area contributed by atoms with Crippen molar-refractivity contribution in [3.05, 3.63) is 61.1 Å². The number of benzene rings is 1. The quantitative estimate of drug-likeness (QED) is 0.885. The summed E-state index contributed by atoms with van der Waals surface area (Å²) in [5.41, 5.74) is -0.353. The summed E-state index contributed by atoms with van der Waals surface area (Å²) in [5.74, 6) is -0.632. The first kappa shape index (κ1) is 14.5. The fraction of sp³-hybridized carbons (Fsp3) is 0.286. The predicted octanol–water partition coefficient (Wildman–Crippen LogP) is 2.58. The molecule has 4 nitrogen and oxygen atoms in total. The second-order valence-electron chi connectivity index (χ2n) is 4.57. The molecule has 2 rings (SSSR count). The highest BCUT2D eigenvalue weighted by Gasteiger charge is 2.16. The van der Waals surface area contributed by atoms with Crippen molar-refractivity contribution in [3.8, 4) is 5.69 Å². The van der Waals surface area contributed by atoms with Crippen molar-refractivity contribution in [2.45, 2.75) is 26.7 Å². The molecule has 1 heterocycles. The third-order valence-corrected chi connectivity index (χ3v) is 3.31. The van der Waals surface area contributed by atoms with Gasteiger partial charge >= 0.3 is 5.69 Å². The van der Waals surface area contributed by atoms with Gasteiger partial charge in [-0.05, 0) is 31.0 Å². The van der Waals surface area contributed by atoms with Crippen molar-refractivity contribution in [2.24, 2.45) is 0 Å². The standard InChI is InChI=1S/C14H14ClFN2O2/c1-3-4-9-12(15)17-14(20)18(13(9)19)11-7-8(2)5-6-10(11)16/h5-7H,3-4H2,1-2H3,(H,17,20). The summed E-state index contributed by atoms with van der Waals surface area (Å²) < 4.78 is 14.7. The summed E-state index contributed by atoms with van der Waals surface area (Å²) in [5, 5.41) is 0.0196. The van der Waals surface area contributed by atoms with E-state index in [2.05, 4.69) is 4.98 Å². The molecule has 0 unspecified atom stereocenters. The van der Waals surface area contributed by atoms with Crippen LogP contribution in [0.3, 0.4) is 0 Å². The number of aromatic amines is 1.